The standard InChI is InChI=1S/C18H19F3N2O3/c1-4-26-17(24)15-11(2)9-14(18(19,20)21)23-16(15)22-10-12-5-7-13(25-3)8-6-12/h5-9H,4,10H2,1-3H3,(H,22,23). The van der Waals surface area contributed by atoms with Gasteiger partial charge in [-0.05, 0) is 43.2 Å². The van der Waals surface area contributed by atoms with Gasteiger partial charge in [0.1, 0.15) is 22.8 Å². The van der Waals surface area contributed by atoms with Crippen LogP contribution >= 0.6 is 0 Å². The van der Waals surface area contributed by atoms with E-state index in [1.165, 1.54) is 14.0 Å². The Labute approximate surface area is 149 Å². The predicted molar refractivity (Wildman–Crippen MR) is 90.3 cm³/mol. The molecule has 1 aromatic carbocycles. The van der Waals surface area contributed by atoms with Crippen LogP contribution in [0.1, 0.15) is 34.1 Å². The number of hydrogen-bond donors (Lipinski definition) is 1. The molecule has 0 saturated carbocycles. The largest absolute Gasteiger partial charge is 0.497 e. The summed E-state index contributed by atoms with van der Waals surface area (Å²) in [5.41, 5.74) is -0.144. The van der Waals surface area contributed by atoms with E-state index in [0.29, 0.717) is 5.75 Å². The number of carbonyl (C=O) groups is 1. The van der Waals surface area contributed by atoms with Gasteiger partial charge >= 0.3 is 12.1 Å². The maximum atomic E-state index is 13.1. The summed E-state index contributed by atoms with van der Waals surface area (Å²) in [6, 6.07) is 7.82. The lowest BCUT2D eigenvalue weighted by Gasteiger charge is -2.16. The van der Waals surface area contributed by atoms with Crippen LogP contribution in [0.3, 0.4) is 0 Å². The number of hydrogen-bond acceptors (Lipinski definition) is 5. The molecule has 0 aliphatic rings. The Morgan fingerprint density at radius 3 is 2.42 bits per heavy atom. The van der Waals surface area contributed by atoms with Crippen LogP contribution in [-0.4, -0.2) is 24.7 Å². The predicted octanol–water partition coefficient (Wildman–Crippen LogP) is 4.21. The number of rotatable bonds is 6. The zero-order valence-electron chi connectivity index (χ0n) is 14.6. The molecule has 0 saturated heterocycles. The number of benzene rings is 1. The molecule has 5 nitrogen and oxygen atoms in total. The molecule has 0 spiro atoms. The molecule has 26 heavy (non-hydrogen) atoms. The summed E-state index contributed by atoms with van der Waals surface area (Å²) >= 11 is 0. The van der Waals surface area contributed by atoms with E-state index in [2.05, 4.69) is 10.3 Å². The minimum atomic E-state index is -4.62. The number of pyridine rings is 1. The van der Waals surface area contributed by atoms with Crippen molar-refractivity contribution in [2.75, 3.05) is 19.0 Å². The van der Waals surface area contributed by atoms with E-state index in [1.807, 2.05) is 0 Å². The summed E-state index contributed by atoms with van der Waals surface area (Å²) in [6.07, 6.45) is -4.62. The number of nitrogens with one attached hydrogen (secondary N) is 1. The summed E-state index contributed by atoms with van der Waals surface area (Å²) in [5, 5.41) is 2.81. The molecular weight excluding hydrogens is 349 g/mol. The topological polar surface area (TPSA) is 60.5 Å². The number of anilines is 1. The van der Waals surface area contributed by atoms with Gasteiger partial charge in [0.15, 0.2) is 0 Å². The van der Waals surface area contributed by atoms with Crippen LogP contribution in [0.4, 0.5) is 19.0 Å². The molecule has 0 bridgehead atoms. The molecule has 0 aliphatic carbocycles. The number of aromatic nitrogens is 1. The van der Waals surface area contributed by atoms with Crippen molar-refractivity contribution in [2.45, 2.75) is 26.6 Å². The highest BCUT2D eigenvalue weighted by atomic mass is 19.4. The average molecular weight is 368 g/mol. The normalized spacial score (nSPS) is 11.2. The smallest absolute Gasteiger partial charge is 0.433 e. The monoisotopic (exact) mass is 368 g/mol. The van der Waals surface area contributed by atoms with Crippen LogP contribution in [0.15, 0.2) is 30.3 Å². The highest BCUT2D eigenvalue weighted by molar-refractivity contribution is 5.96. The van der Waals surface area contributed by atoms with Gasteiger partial charge in [-0.25, -0.2) is 9.78 Å². The molecule has 0 aliphatic heterocycles. The molecule has 8 heteroatoms. The van der Waals surface area contributed by atoms with Crippen LogP contribution < -0.4 is 10.1 Å². The van der Waals surface area contributed by atoms with Crippen molar-refractivity contribution >= 4 is 11.8 Å². The van der Waals surface area contributed by atoms with Crippen molar-refractivity contribution in [3.63, 3.8) is 0 Å². The molecule has 0 atom stereocenters. The van der Waals surface area contributed by atoms with Crippen LogP contribution in [0.2, 0.25) is 0 Å². The van der Waals surface area contributed by atoms with Crippen molar-refractivity contribution in [3.05, 3.63) is 52.7 Å². The van der Waals surface area contributed by atoms with Gasteiger partial charge in [-0.15, -0.1) is 0 Å². The third kappa shape index (κ3) is 4.65. The minimum absolute atomic E-state index is 0.00615. The number of halogens is 3. The Balaban J connectivity index is 2.35. The SMILES string of the molecule is CCOC(=O)c1c(C)cc(C(F)(F)F)nc1NCc1ccc(OC)cc1. The van der Waals surface area contributed by atoms with E-state index in [4.69, 9.17) is 9.47 Å². The summed E-state index contributed by atoms with van der Waals surface area (Å²) in [6.45, 7) is 3.33. The number of esters is 1. The first-order valence-corrected chi connectivity index (χ1v) is 7.89. The van der Waals surface area contributed by atoms with E-state index in [1.54, 1.807) is 31.2 Å². The summed E-state index contributed by atoms with van der Waals surface area (Å²) in [5.74, 6) is -0.218. The molecule has 0 radical (unpaired) electrons. The summed E-state index contributed by atoms with van der Waals surface area (Å²) in [7, 11) is 1.54. The molecule has 140 valence electrons. The lowest BCUT2D eigenvalue weighted by Crippen LogP contribution is -2.17. The lowest BCUT2D eigenvalue weighted by molar-refractivity contribution is -0.141. The van der Waals surface area contributed by atoms with Crippen molar-refractivity contribution in [1.82, 2.24) is 4.98 Å². The number of alkyl halides is 3. The van der Waals surface area contributed by atoms with E-state index in [-0.39, 0.29) is 30.1 Å². The maximum absolute atomic E-state index is 13.1. The zero-order valence-corrected chi connectivity index (χ0v) is 14.6. The number of aryl methyl sites for hydroxylation is 1. The average Bonchev–Trinajstić information content (AvgIpc) is 2.59. The maximum Gasteiger partial charge on any atom is 0.433 e. The van der Waals surface area contributed by atoms with Gasteiger partial charge in [-0.1, -0.05) is 12.1 Å². The van der Waals surface area contributed by atoms with Crippen LogP contribution in [0, 0.1) is 6.92 Å². The van der Waals surface area contributed by atoms with Gasteiger partial charge in [0, 0.05) is 6.54 Å². The van der Waals surface area contributed by atoms with Crippen molar-refractivity contribution in [3.8, 4) is 5.75 Å². The first-order chi connectivity index (χ1) is 12.3. The Hall–Kier alpha value is -2.77. The van der Waals surface area contributed by atoms with Gasteiger partial charge < -0.3 is 14.8 Å². The molecule has 1 heterocycles. The van der Waals surface area contributed by atoms with Gasteiger partial charge in [0.2, 0.25) is 0 Å². The van der Waals surface area contributed by atoms with Gasteiger partial charge in [0.25, 0.3) is 0 Å². The molecule has 0 fully saturated rings. The first-order valence-electron chi connectivity index (χ1n) is 7.89. The molecule has 2 rings (SSSR count). The van der Waals surface area contributed by atoms with Gasteiger partial charge in [-0.3, -0.25) is 0 Å². The quantitative estimate of drug-likeness (QED) is 0.774. The lowest BCUT2D eigenvalue weighted by atomic mass is 10.1. The Bertz CT molecular complexity index is 774. The second-order valence-corrected chi connectivity index (χ2v) is 5.47. The Morgan fingerprint density at radius 1 is 1.23 bits per heavy atom. The third-order valence-corrected chi connectivity index (χ3v) is 3.61. The highest BCUT2D eigenvalue weighted by Crippen LogP contribution is 2.31. The van der Waals surface area contributed by atoms with Crippen LogP contribution in [-0.2, 0) is 17.5 Å². The van der Waals surface area contributed by atoms with Crippen molar-refractivity contribution in [1.29, 1.82) is 0 Å². The van der Waals surface area contributed by atoms with Gasteiger partial charge in [-0.2, -0.15) is 13.2 Å². The van der Waals surface area contributed by atoms with Crippen LogP contribution in [0.5, 0.6) is 5.75 Å². The fourth-order valence-electron chi connectivity index (χ4n) is 2.34. The van der Waals surface area contributed by atoms with Crippen LogP contribution in [0.25, 0.3) is 0 Å². The second-order valence-electron chi connectivity index (χ2n) is 5.47. The van der Waals surface area contributed by atoms with E-state index in [0.717, 1.165) is 11.6 Å². The molecule has 2 aromatic rings. The minimum Gasteiger partial charge on any atom is -0.497 e. The Morgan fingerprint density at radius 2 is 1.88 bits per heavy atom. The molecule has 1 aromatic heterocycles. The van der Waals surface area contributed by atoms with Crippen molar-refractivity contribution < 1.29 is 27.4 Å². The summed E-state index contributed by atoms with van der Waals surface area (Å²) < 4.78 is 49.2. The fourth-order valence-corrected chi connectivity index (χ4v) is 2.34. The molecule has 0 amide bonds. The van der Waals surface area contributed by atoms with Gasteiger partial charge in [0.05, 0.1) is 13.7 Å². The second kappa shape index (κ2) is 8.07. The molecular formula is C18H19F3N2O3. The first kappa shape index (κ1) is 19.6. The third-order valence-electron chi connectivity index (χ3n) is 3.61. The Kier molecular flexibility index (Phi) is 6.07. The highest BCUT2D eigenvalue weighted by Gasteiger charge is 2.34. The summed E-state index contributed by atoms with van der Waals surface area (Å²) in [4.78, 5) is 15.7. The van der Waals surface area contributed by atoms with E-state index in [9.17, 15) is 18.0 Å². The number of nitrogens with zero attached hydrogens (tertiary/aromatic N) is 1. The van der Waals surface area contributed by atoms with E-state index >= 15 is 0 Å². The molecule has 1 N–H and O–H groups in total. The zero-order chi connectivity index (χ0) is 19.3. The van der Waals surface area contributed by atoms with Crippen molar-refractivity contribution in [2.24, 2.45) is 0 Å². The number of carbonyl (C=O) groups excluding carboxylic acids is 1. The van der Waals surface area contributed by atoms with E-state index < -0.39 is 17.8 Å². The number of methoxy groups -OCH3 is 1. The number of ether oxygens (including phenoxy) is 2. The fraction of sp³-hybridized carbons (Fsp3) is 0.333. The molecule has 0 unspecified atom stereocenters.